The van der Waals surface area contributed by atoms with Gasteiger partial charge in [-0.2, -0.15) is 0 Å². The summed E-state index contributed by atoms with van der Waals surface area (Å²) in [5.41, 5.74) is 22.0. The molecule has 2 unspecified atom stereocenters. The largest absolute Gasteiger partial charge is 0.329 e. The Bertz CT molecular complexity index is 96.7. The highest BCUT2D eigenvalue weighted by atomic mass is 14.9. The Hall–Kier alpha value is -0.200. The van der Waals surface area contributed by atoms with Gasteiger partial charge >= 0.3 is 0 Å². The van der Waals surface area contributed by atoms with Gasteiger partial charge in [0.25, 0.3) is 0 Å². The molecule has 0 radical (unpaired) electrons. The lowest BCUT2D eigenvalue weighted by molar-refractivity contribution is 0.530. The van der Waals surface area contributed by atoms with Crippen molar-refractivity contribution in [2.24, 2.45) is 22.9 Å². The quantitative estimate of drug-likeness (QED) is 0.281. The summed E-state index contributed by atoms with van der Waals surface area (Å²) in [5.74, 6) is 0. The second kappa shape index (κ2) is 8.40. The van der Waals surface area contributed by atoms with E-state index in [0.717, 1.165) is 25.9 Å². The van der Waals surface area contributed by atoms with E-state index in [2.05, 4.69) is 5.32 Å². The lowest BCUT2D eigenvalue weighted by Gasteiger charge is -2.11. The Balaban J connectivity index is 3.08. The van der Waals surface area contributed by atoms with Crippen molar-refractivity contribution in [2.45, 2.75) is 24.9 Å². The fraction of sp³-hybridized carbons (Fsp3) is 1.00. The minimum atomic E-state index is 0.107. The average Bonchev–Trinajstić information content (AvgIpc) is 2.16. The Kier molecular flexibility index (Phi) is 8.27. The summed E-state index contributed by atoms with van der Waals surface area (Å²) >= 11 is 0. The van der Waals surface area contributed by atoms with Gasteiger partial charge < -0.3 is 28.3 Å². The van der Waals surface area contributed by atoms with Crippen molar-refractivity contribution < 1.29 is 0 Å². The number of nitrogens with one attached hydrogen (secondary N) is 1. The summed E-state index contributed by atoms with van der Waals surface area (Å²) in [7, 11) is 0. The van der Waals surface area contributed by atoms with Crippen LogP contribution in [0.15, 0.2) is 0 Å². The third-order valence-corrected chi connectivity index (χ3v) is 1.99. The second-order valence-corrected chi connectivity index (χ2v) is 3.32. The Morgan fingerprint density at radius 2 is 1.23 bits per heavy atom. The fourth-order valence-corrected chi connectivity index (χ4v) is 0.936. The smallest absolute Gasteiger partial charge is 0.0175 e. The average molecular weight is 189 g/mol. The second-order valence-electron chi connectivity index (χ2n) is 3.32. The van der Waals surface area contributed by atoms with E-state index in [0.29, 0.717) is 13.1 Å². The van der Waals surface area contributed by atoms with Gasteiger partial charge in [0.15, 0.2) is 0 Å². The van der Waals surface area contributed by atoms with Crippen LogP contribution in [0.2, 0.25) is 0 Å². The third-order valence-electron chi connectivity index (χ3n) is 1.99. The molecule has 0 heterocycles. The molecule has 0 aromatic heterocycles. The molecule has 0 spiro atoms. The highest BCUT2D eigenvalue weighted by Gasteiger charge is 2.00. The summed E-state index contributed by atoms with van der Waals surface area (Å²) in [6.07, 6.45) is 1.82. The molecule has 0 aromatic carbocycles. The van der Waals surface area contributed by atoms with E-state index >= 15 is 0 Å². The maximum Gasteiger partial charge on any atom is 0.0175 e. The van der Waals surface area contributed by atoms with Crippen LogP contribution in [-0.4, -0.2) is 38.3 Å². The van der Waals surface area contributed by atoms with E-state index in [-0.39, 0.29) is 12.1 Å². The zero-order valence-corrected chi connectivity index (χ0v) is 8.21. The van der Waals surface area contributed by atoms with E-state index in [1.807, 2.05) is 0 Å². The van der Waals surface area contributed by atoms with Crippen LogP contribution in [0.4, 0.5) is 0 Å². The van der Waals surface area contributed by atoms with Gasteiger partial charge in [-0.05, 0) is 25.9 Å². The number of hydrogen-bond acceptors (Lipinski definition) is 5. The summed E-state index contributed by atoms with van der Waals surface area (Å²) in [6, 6.07) is 0.214. The van der Waals surface area contributed by atoms with Crippen molar-refractivity contribution >= 4 is 0 Å². The van der Waals surface area contributed by atoms with Gasteiger partial charge in [0, 0.05) is 25.2 Å². The Morgan fingerprint density at radius 1 is 0.846 bits per heavy atom. The highest BCUT2D eigenvalue weighted by Crippen LogP contribution is 1.85. The predicted octanol–water partition coefficient (Wildman–Crippen LogP) is -2.07. The lowest BCUT2D eigenvalue weighted by Crippen LogP contribution is -2.36. The van der Waals surface area contributed by atoms with E-state index < -0.39 is 0 Å². The molecule has 2 atom stereocenters. The molecule has 80 valence electrons. The van der Waals surface area contributed by atoms with Crippen LogP contribution in [0.5, 0.6) is 0 Å². The molecule has 0 aliphatic heterocycles. The minimum absolute atomic E-state index is 0.107. The van der Waals surface area contributed by atoms with Gasteiger partial charge in [-0.3, -0.25) is 0 Å². The molecule has 5 heteroatoms. The van der Waals surface area contributed by atoms with Gasteiger partial charge in [-0.1, -0.05) is 0 Å². The van der Waals surface area contributed by atoms with Crippen molar-refractivity contribution in [1.82, 2.24) is 5.32 Å². The van der Waals surface area contributed by atoms with Crippen molar-refractivity contribution in [3.05, 3.63) is 0 Å². The van der Waals surface area contributed by atoms with Crippen molar-refractivity contribution in [1.29, 1.82) is 0 Å². The van der Waals surface area contributed by atoms with E-state index in [1.165, 1.54) is 0 Å². The van der Waals surface area contributed by atoms with Crippen LogP contribution in [0.3, 0.4) is 0 Å². The summed E-state index contributed by atoms with van der Waals surface area (Å²) in [6.45, 7) is 2.89. The van der Waals surface area contributed by atoms with E-state index in [9.17, 15) is 0 Å². The Labute approximate surface area is 80.2 Å². The topological polar surface area (TPSA) is 116 Å². The molecule has 0 rings (SSSR count). The van der Waals surface area contributed by atoms with Crippen molar-refractivity contribution in [3.63, 3.8) is 0 Å². The zero-order chi connectivity index (χ0) is 10.1. The van der Waals surface area contributed by atoms with E-state index in [4.69, 9.17) is 22.9 Å². The molecule has 0 fully saturated rings. The normalized spacial score (nSPS) is 15.7. The molecule has 0 saturated heterocycles. The summed E-state index contributed by atoms with van der Waals surface area (Å²) in [4.78, 5) is 0. The zero-order valence-electron chi connectivity index (χ0n) is 8.21. The molecule has 0 aliphatic carbocycles. The van der Waals surface area contributed by atoms with Crippen LogP contribution in [-0.2, 0) is 0 Å². The SMILES string of the molecule is NCC(N)CCNCCC(N)CN. The van der Waals surface area contributed by atoms with Crippen LogP contribution < -0.4 is 28.3 Å². The lowest BCUT2D eigenvalue weighted by atomic mass is 10.2. The molecule has 9 N–H and O–H groups in total. The standard InChI is InChI=1S/C8H23N5/c9-5-7(11)1-3-13-4-2-8(12)6-10/h7-8,13H,1-6,9-12H2. The first kappa shape index (κ1) is 12.8. The van der Waals surface area contributed by atoms with Gasteiger partial charge in [-0.15, -0.1) is 0 Å². The van der Waals surface area contributed by atoms with Crippen LogP contribution >= 0.6 is 0 Å². The van der Waals surface area contributed by atoms with Gasteiger partial charge in [0.05, 0.1) is 0 Å². The molecule has 0 saturated carbocycles. The Morgan fingerprint density at radius 3 is 1.54 bits per heavy atom. The molecular weight excluding hydrogens is 166 g/mol. The first-order valence-electron chi connectivity index (χ1n) is 4.82. The van der Waals surface area contributed by atoms with Crippen LogP contribution in [0.1, 0.15) is 12.8 Å². The third kappa shape index (κ3) is 8.14. The maximum atomic E-state index is 5.63. The van der Waals surface area contributed by atoms with Gasteiger partial charge in [-0.25, -0.2) is 0 Å². The summed E-state index contributed by atoms with van der Waals surface area (Å²) in [5, 5.41) is 3.24. The number of hydrogen-bond donors (Lipinski definition) is 5. The van der Waals surface area contributed by atoms with E-state index in [1.54, 1.807) is 0 Å². The highest BCUT2D eigenvalue weighted by molar-refractivity contribution is 4.66. The molecule has 0 amide bonds. The monoisotopic (exact) mass is 189 g/mol. The molecule has 13 heavy (non-hydrogen) atoms. The maximum absolute atomic E-state index is 5.63. The van der Waals surface area contributed by atoms with Crippen LogP contribution in [0, 0.1) is 0 Å². The number of rotatable bonds is 8. The molecule has 0 aliphatic rings. The molecular formula is C8H23N5. The fourth-order valence-electron chi connectivity index (χ4n) is 0.936. The molecule has 0 aromatic rings. The first-order valence-corrected chi connectivity index (χ1v) is 4.82. The van der Waals surface area contributed by atoms with Crippen molar-refractivity contribution in [2.75, 3.05) is 26.2 Å². The van der Waals surface area contributed by atoms with Gasteiger partial charge in [0.2, 0.25) is 0 Å². The minimum Gasteiger partial charge on any atom is -0.329 e. The molecule has 5 nitrogen and oxygen atoms in total. The molecule has 0 bridgehead atoms. The summed E-state index contributed by atoms with van der Waals surface area (Å²) < 4.78 is 0. The van der Waals surface area contributed by atoms with Crippen LogP contribution in [0.25, 0.3) is 0 Å². The van der Waals surface area contributed by atoms with Crippen molar-refractivity contribution in [3.8, 4) is 0 Å². The number of nitrogens with two attached hydrogens (primary N) is 4. The first-order chi connectivity index (χ1) is 6.20. The predicted molar refractivity (Wildman–Crippen MR) is 56.2 cm³/mol. The van der Waals surface area contributed by atoms with Gasteiger partial charge in [0.1, 0.15) is 0 Å².